The van der Waals surface area contributed by atoms with Crippen molar-refractivity contribution in [3.05, 3.63) is 0 Å². The molecule has 1 fully saturated rings. The van der Waals surface area contributed by atoms with Crippen LogP contribution in [0.3, 0.4) is 0 Å². The van der Waals surface area contributed by atoms with Gasteiger partial charge in [-0.15, -0.1) is 0 Å². The lowest BCUT2D eigenvalue weighted by atomic mass is 9.99. The van der Waals surface area contributed by atoms with E-state index in [0.29, 0.717) is 12.8 Å². The Morgan fingerprint density at radius 1 is 0.947 bits per heavy atom. The van der Waals surface area contributed by atoms with Crippen LogP contribution in [0.5, 0.6) is 0 Å². The number of ether oxygens (including phenoxy) is 4. The van der Waals surface area contributed by atoms with Crippen molar-refractivity contribution in [2.24, 2.45) is 0 Å². The van der Waals surface area contributed by atoms with Gasteiger partial charge < -0.3 is 29.2 Å². The average molecular weight is 278 g/mol. The van der Waals surface area contributed by atoms with Crippen molar-refractivity contribution < 1.29 is 29.2 Å². The van der Waals surface area contributed by atoms with Crippen LogP contribution < -0.4 is 0 Å². The second-order valence-electron chi connectivity index (χ2n) is 5.14. The van der Waals surface area contributed by atoms with E-state index in [1.807, 2.05) is 13.8 Å². The van der Waals surface area contributed by atoms with Gasteiger partial charge >= 0.3 is 0 Å². The fraction of sp³-hybridized carbons (Fsp3) is 1.00. The standard InChI is InChI=1S/C13H26O6/c1-13(2)18-11(9(16-3)5-7-14)12(19-13)10(17-4)6-8-15/h9-12,14-15H,5-8H2,1-4H3/t9-,10-,11-,12-/m0/s1. The normalized spacial score (nSPS) is 29.4. The Bertz CT molecular complexity index is 234. The Kier molecular flexibility index (Phi) is 6.65. The molecular weight excluding hydrogens is 252 g/mol. The molecule has 19 heavy (non-hydrogen) atoms. The van der Waals surface area contributed by atoms with Crippen LogP contribution >= 0.6 is 0 Å². The van der Waals surface area contributed by atoms with Crippen LogP contribution in [0.1, 0.15) is 26.7 Å². The zero-order chi connectivity index (χ0) is 14.5. The summed E-state index contributed by atoms with van der Waals surface area (Å²) in [5, 5.41) is 18.2. The van der Waals surface area contributed by atoms with Crippen LogP contribution in [0.25, 0.3) is 0 Å². The van der Waals surface area contributed by atoms with Gasteiger partial charge in [-0.05, 0) is 26.7 Å². The van der Waals surface area contributed by atoms with Gasteiger partial charge in [0, 0.05) is 27.4 Å². The number of methoxy groups -OCH3 is 2. The van der Waals surface area contributed by atoms with Crippen molar-refractivity contribution in [3.8, 4) is 0 Å². The third-order valence-corrected chi connectivity index (χ3v) is 3.33. The Balaban J connectivity index is 2.84. The van der Waals surface area contributed by atoms with Gasteiger partial charge in [0.1, 0.15) is 12.2 Å². The topological polar surface area (TPSA) is 77.4 Å². The molecule has 6 nitrogen and oxygen atoms in total. The first-order chi connectivity index (χ1) is 8.99. The Labute approximate surface area is 114 Å². The fourth-order valence-electron chi connectivity index (χ4n) is 2.48. The van der Waals surface area contributed by atoms with Crippen molar-refractivity contribution in [1.29, 1.82) is 0 Å². The highest BCUT2D eigenvalue weighted by Gasteiger charge is 2.48. The Hall–Kier alpha value is -0.240. The predicted octanol–water partition coefficient (Wildman–Crippen LogP) is 0.301. The number of aliphatic hydroxyl groups is 2. The fourth-order valence-corrected chi connectivity index (χ4v) is 2.48. The summed E-state index contributed by atoms with van der Waals surface area (Å²) < 4.78 is 22.5. The molecule has 2 N–H and O–H groups in total. The molecule has 0 aliphatic carbocycles. The number of hydrogen-bond acceptors (Lipinski definition) is 6. The summed E-state index contributed by atoms with van der Waals surface area (Å²) in [6.07, 6.45) is -0.271. The van der Waals surface area contributed by atoms with E-state index in [-0.39, 0.29) is 37.6 Å². The highest BCUT2D eigenvalue weighted by Crippen LogP contribution is 2.34. The first kappa shape index (κ1) is 16.8. The maximum absolute atomic E-state index is 9.10. The van der Waals surface area contributed by atoms with E-state index >= 15 is 0 Å². The lowest BCUT2D eigenvalue weighted by Gasteiger charge is -2.29. The van der Waals surface area contributed by atoms with Gasteiger partial charge in [-0.25, -0.2) is 0 Å². The highest BCUT2D eigenvalue weighted by molar-refractivity contribution is 4.91. The molecule has 0 aromatic rings. The van der Waals surface area contributed by atoms with Gasteiger partial charge in [-0.2, -0.15) is 0 Å². The first-order valence-electron chi connectivity index (χ1n) is 6.62. The van der Waals surface area contributed by atoms with Gasteiger partial charge in [-0.3, -0.25) is 0 Å². The summed E-state index contributed by atoms with van der Waals surface area (Å²) in [4.78, 5) is 0. The molecule has 0 aromatic carbocycles. The van der Waals surface area contributed by atoms with Crippen LogP contribution in [0, 0.1) is 0 Å². The van der Waals surface area contributed by atoms with Crippen molar-refractivity contribution in [3.63, 3.8) is 0 Å². The van der Waals surface area contributed by atoms with Gasteiger partial charge in [0.2, 0.25) is 0 Å². The molecule has 114 valence electrons. The van der Waals surface area contributed by atoms with Crippen molar-refractivity contribution in [1.82, 2.24) is 0 Å². The van der Waals surface area contributed by atoms with Gasteiger partial charge in [-0.1, -0.05) is 0 Å². The number of aliphatic hydroxyl groups excluding tert-OH is 2. The summed E-state index contributed by atoms with van der Waals surface area (Å²) in [6.45, 7) is 3.70. The van der Waals surface area contributed by atoms with E-state index < -0.39 is 5.79 Å². The van der Waals surface area contributed by atoms with Crippen molar-refractivity contribution >= 4 is 0 Å². The number of hydrogen-bond donors (Lipinski definition) is 2. The Morgan fingerprint density at radius 2 is 1.32 bits per heavy atom. The quantitative estimate of drug-likeness (QED) is 0.665. The third-order valence-electron chi connectivity index (χ3n) is 3.33. The lowest BCUT2D eigenvalue weighted by molar-refractivity contribution is -0.164. The second kappa shape index (κ2) is 7.52. The monoisotopic (exact) mass is 278 g/mol. The summed E-state index contributed by atoms with van der Waals surface area (Å²) in [6, 6.07) is 0. The molecule has 0 spiro atoms. The van der Waals surface area contributed by atoms with Gasteiger partial charge in [0.05, 0.1) is 12.2 Å². The van der Waals surface area contributed by atoms with E-state index in [9.17, 15) is 0 Å². The van der Waals surface area contributed by atoms with E-state index in [0.717, 1.165) is 0 Å². The van der Waals surface area contributed by atoms with E-state index in [1.165, 1.54) is 0 Å². The zero-order valence-electron chi connectivity index (χ0n) is 12.2. The van der Waals surface area contributed by atoms with Crippen LogP contribution in [0.15, 0.2) is 0 Å². The van der Waals surface area contributed by atoms with Crippen LogP contribution in [0.2, 0.25) is 0 Å². The highest BCUT2D eigenvalue weighted by atomic mass is 16.8. The summed E-state index contributed by atoms with van der Waals surface area (Å²) in [5.41, 5.74) is 0. The van der Waals surface area contributed by atoms with Gasteiger partial charge in [0.15, 0.2) is 5.79 Å². The molecule has 1 aliphatic heterocycles. The Morgan fingerprint density at radius 3 is 1.58 bits per heavy atom. The zero-order valence-corrected chi connectivity index (χ0v) is 12.2. The molecule has 0 amide bonds. The lowest BCUT2D eigenvalue weighted by Crippen LogP contribution is -2.44. The minimum absolute atomic E-state index is 0.0170. The molecule has 0 unspecified atom stereocenters. The predicted molar refractivity (Wildman–Crippen MR) is 68.8 cm³/mol. The maximum atomic E-state index is 9.10. The van der Waals surface area contributed by atoms with Crippen LogP contribution in [-0.4, -0.2) is 67.8 Å². The van der Waals surface area contributed by atoms with Crippen LogP contribution in [-0.2, 0) is 18.9 Å². The molecule has 0 saturated carbocycles. The molecule has 4 atom stereocenters. The summed E-state index contributed by atoms with van der Waals surface area (Å²) in [5.74, 6) is -0.728. The molecular formula is C13H26O6. The SMILES string of the molecule is CO[C@@H](CCO)[C@@H]1OC(C)(C)O[C@H]1[C@H](CCO)OC. The van der Waals surface area contributed by atoms with Crippen LogP contribution in [0.4, 0.5) is 0 Å². The van der Waals surface area contributed by atoms with Crippen molar-refractivity contribution in [2.75, 3.05) is 27.4 Å². The van der Waals surface area contributed by atoms with Gasteiger partial charge in [0.25, 0.3) is 0 Å². The van der Waals surface area contributed by atoms with E-state index in [4.69, 9.17) is 29.2 Å². The molecule has 1 saturated heterocycles. The smallest absolute Gasteiger partial charge is 0.164 e. The summed E-state index contributed by atoms with van der Waals surface area (Å²) in [7, 11) is 3.17. The van der Waals surface area contributed by atoms with Crippen molar-refractivity contribution in [2.45, 2.75) is 56.9 Å². The average Bonchev–Trinajstić information content (AvgIpc) is 2.68. The molecule has 1 heterocycles. The largest absolute Gasteiger partial charge is 0.396 e. The minimum Gasteiger partial charge on any atom is -0.396 e. The molecule has 0 aromatic heterocycles. The molecule has 0 radical (unpaired) electrons. The third kappa shape index (κ3) is 4.37. The second-order valence-corrected chi connectivity index (χ2v) is 5.14. The minimum atomic E-state index is -0.728. The molecule has 1 rings (SSSR count). The maximum Gasteiger partial charge on any atom is 0.164 e. The number of rotatable bonds is 8. The van der Waals surface area contributed by atoms with E-state index in [1.54, 1.807) is 14.2 Å². The summed E-state index contributed by atoms with van der Waals surface area (Å²) >= 11 is 0. The molecule has 1 aliphatic rings. The molecule has 0 bridgehead atoms. The van der Waals surface area contributed by atoms with E-state index in [2.05, 4.69) is 0 Å². The molecule has 6 heteroatoms. The first-order valence-corrected chi connectivity index (χ1v) is 6.62.